The highest BCUT2D eigenvalue weighted by Gasteiger charge is 2.18. The van der Waals surface area contributed by atoms with E-state index in [0.717, 1.165) is 14.5 Å². The van der Waals surface area contributed by atoms with Crippen molar-refractivity contribution in [3.05, 3.63) is 57.3 Å². The zero-order valence-corrected chi connectivity index (χ0v) is 15.3. The van der Waals surface area contributed by atoms with E-state index < -0.39 is 0 Å². The second-order valence-electron chi connectivity index (χ2n) is 5.14. The van der Waals surface area contributed by atoms with E-state index in [2.05, 4.69) is 27.7 Å². The monoisotopic (exact) mass is 437 g/mol. The topological polar surface area (TPSA) is 61.6 Å². The number of hydrogen-bond acceptors (Lipinski definition) is 5. The number of benzene rings is 2. The first kappa shape index (κ1) is 16.8. The van der Waals surface area contributed by atoms with E-state index in [1.807, 2.05) is 42.5 Å². The van der Waals surface area contributed by atoms with Crippen LogP contribution in [0.15, 0.2) is 47.0 Å². The van der Waals surface area contributed by atoms with Crippen LogP contribution in [0.1, 0.15) is 18.2 Å². The van der Waals surface area contributed by atoms with Gasteiger partial charge in [-0.25, -0.2) is 0 Å². The number of esters is 1. The average molecular weight is 437 g/mol. The van der Waals surface area contributed by atoms with Crippen LogP contribution in [0, 0.1) is 3.57 Å². The Labute approximate surface area is 153 Å². The highest BCUT2D eigenvalue weighted by Crippen LogP contribution is 2.33. The molecule has 0 atom stereocenters. The minimum Gasteiger partial charge on any atom is -0.484 e. The molecule has 0 bridgehead atoms. The maximum atomic E-state index is 11.7. The largest absolute Gasteiger partial charge is 0.484 e. The third-order valence-corrected chi connectivity index (χ3v) is 4.31. The van der Waals surface area contributed by atoms with Crippen LogP contribution in [0.4, 0.5) is 0 Å². The van der Waals surface area contributed by atoms with Gasteiger partial charge >= 0.3 is 5.97 Å². The Morgan fingerprint density at radius 2 is 2.00 bits per heavy atom. The van der Waals surface area contributed by atoms with Crippen LogP contribution >= 0.6 is 22.6 Å². The van der Waals surface area contributed by atoms with Crippen molar-refractivity contribution in [3.63, 3.8) is 0 Å². The number of fused-ring (bicyclic) bond motifs is 1. The standard InChI is InChI=1S/C18H16INO4/c1-2-22-16(21)10-15-13-8-9-14(19)18(17(13)24-20-15)23-11-12-6-4-3-5-7-12/h3-9H,2,10-11H2,1H3. The van der Waals surface area contributed by atoms with Crippen molar-refractivity contribution in [2.24, 2.45) is 0 Å². The molecule has 0 aliphatic carbocycles. The normalized spacial score (nSPS) is 10.8. The van der Waals surface area contributed by atoms with Crippen LogP contribution in [0.25, 0.3) is 11.0 Å². The van der Waals surface area contributed by atoms with E-state index in [0.29, 0.717) is 30.2 Å². The summed E-state index contributed by atoms with van der Waals surface area (Å²) in [5.74, 6) is 0.317. The van der Waals surface area contributed by atoms with Gasteiger partial charge < -0.3 is 14.0 Å². The highest BCUT2D eigenvalue weighted by molar-refractivity contribution is 14.1. The molecule has 0 amide bonds. The van der Waals surface area contributed by atoms with Gasteiger partial charge in [-0.1, -0.05) is 35.5 Å². The van der Waals surface area contributed by atoms with E-state index in [4.69, 9.17) is 14.0 Å². The zero-order chi connectivity index (χ0) is 16.9. The molecule has 2 aromatic carbocycles. The Balaban J connectivity index is 1.86. The molecule has 0 unspecified atom stereocenters. The van der Waals surface area contributed by atoms with Crippen molar-refractivity contribution in [1.29, 1.82) is 0 Å². The maximum absolute atomic E-state index is 11.7. The lowest BCUT2D eigenvalue weighted by Crippen LogP contribution is -2.07. The number of nitrogens with zero attached hydrogens (tertiary/aromatic N) is 1. The number of carbonyl (C=O) groups is 1. The van der Waals surface area contributed by atoms with E-state index in [1.165, 1.54) is 0 Å². The van der Waals surface area contributed by atoms with Crippen molar-refractivity contribution in [2.75, 3.05) is 6.61 Å². The Bertz CT molecular complexity index is 845. The molecular formula is C18H16INO4. The van der Waals surface area contributed by atoms with E-state index >= 15 is 0 Å². The summed E-state index contributed by atoms with van der Waals surface area (Å²) in [6, 6.07) is 13.7. The molecule has 3 rings (SSSR count). The zero-order valence-electron chi connectivity index (χ0n) is 13.1. The van der Waals surface area contributed by atoms with Gasteiger partial charge in [0, 0.05) is 5.39 Å². The van der Waals surface area contributed by atoms with E-state index in [9.17, 15) is 4.79 Å². The fourth-order valence-corrected chi connectivity index (χ4v) is 2.93. The van der Waals surface area contributed by atoms with E-state index in [1.54, 1.807) is 6.92 Å². The Kier molecular flexibility index (Phi) is 5.34. The minimum absolute atomic E-state index is 0.0829. The summed E-state index contributed by atoms with van der Waals surface area (Å²) < 4.78 is 17.3. The highest BCUT2D eigenvalue weighted by atomic mass is 127. The van der Waals surface area contributed by atoms with Crippen LogP contribution in [-0.4, -0.2) is 17.7 Å². The third kappa shape index (κ3) is 3.69. The van der Waals surface area contributed by atoms with Gasteiger partial charge in [-0.15, -0.1) is 0 Å². The molecular weight excluding hydrogens is 421 g/mol. The summed E-state index contributed by atoms with van der Waals surface area (Å²) in [4.78, 5) is 11.7. The second kappa shape index (κ2) is 7.65. The molecule has 0 aliphatic heterocycles. The number of aromatic nitrogens is 1. The molecule has 0 spiro atoms. The molecule has 6 heteroatoms. The lowest BCUT2D eigenvalue weighted by atomic mass is 10.1. The second-order valence-corrected chi connectivity index (χ2v) is 6.30. The van der Waals surface area contributed by atoms with Gasteiger partial charge in [-0.3, -0.25) is 4.79 Å². The van der Waals surface area contributed by atoms with Gasteiger partial charge in [0.15, 0.2) is 5.75 Å². The predicted molar refractivity (Wildman–Crippen MR) is 97.8 cm³/mol. The first-order valence-corrected chi connectivity index (χ1v) is 8.66. The fourth-order valence-electron chi connectivity index (χ4n) is 2.35. The molecule has 3 aromatic rings. The number of ether oxygens (including phenoxy) is 2. The molecule has 5 nitrogen and oxygen atoms in total. The van der Waals surface area contributed by atoms with E-state index in [-0.39, 0.29) is 12.4 Å². The van der Waals surface area contributed by atoms with Crippen LogP contribution in [0.5, 0.6) is 5.75 Å². The van der Waals surface area contributed by atoms with Crippen LogP contribution in [0.3, 0.4) is 0 Å². The Hall–Kier alpha value is -2.09. The maximum Gasteiger partial charge on any atom is 0.312 e. The van der Waals surface area contributed by atoms with Gasteiger partial charge in [0.2, 0.25) is 5.58 Å². The summed E-state index contributed by atoms with van der Waals surface area (Å²) in [7, 11) is 0. The van der Waals surface area contributed by atoms with Crippen molar-refractivity contribution >= 4 is 39.5 Å². The summed E-state index contributed by atoms with van der Waals surface area (Å²) in [6.07, 6.45) is 0.0829. The minimum atomic E-state index is -0.321. The smallest absolute Gasteiger partial charge is 0.312 e. The Morgan fingerprint density at radius 3 is 2.75 bits per heavy atom. The molecule has 0 aliphatic rings. The molecule has 0 N–H and O–H groups in total. The molecule has 24 heavy (non-hydrogen) atoms. The SMILES string of the molecule is CCOC(=O)Cc1noc2c(OCc3ccccc3)c(I)ccc12. The number of hydrogen-bond donors (Lipinski definition) is 0. The van der Waals surface area contributed by atoms with Crippen molar-refractivity contribution in [1.82, 2.24) is 5.16 Å². The average Bonchev–Trinajstić information content (AvgIpc) is 2.98. The van der Waals surface area contributed by atoms with Gasteiger partial charge in [0.1, 0.15) is 12.3 Å². The predicted octanol–water partition coefficient (Wildman–Crippen LogP) is 4.12. The van der Waals surface area contributed by atoms with Crippen molar-refractivity contribution in [3.8, 4) is 5.75 Å². The molecule has 0 fully saturated rings. The summed E-state index contributed by atoms with van der Waals surface area (Å²) in [5, 5.41) is 4.79. The fraction of sp³-hybridized carbons (Fsp3) is 0.222. The number of rotatable bonds is 6. The molecule has 0 radical (unpaired) electrons. The van der Waals surface area contributed by atoms with Crippen LogP contribution in [-0.2, 0) is 22.6 Å². The first-order chi connectivity index (χ1) is 11.7. The quantitative estimate of drug-likeness (QED) is 0.429. The number of carbonyl (C=O) groups excluding carboxylic acids is 1. The van der Waals surface area contributed by atoms with Crippen molar-refractivity contribution < 1.29 is 18.8 Å². The first-order valence-electron chi connectivity index (χ1n) is 7.58. The third-order valence-electron chi connectivity index (χ3n) is 3.47. The summed E-state index contributed by atoms with van der Waals surface area (Å²) in [5.41, 5.74) is 2.18. The molecule has 1 heterocycles. The molecule has 1 aromatic heterocycles. The van der Waals surface area contributed by atoms with Gasteiger partial charge in [-0.2, -0.15) is 0 Å². The van der Waals surface area contributed by atoms with Gasteiger partial charge in [-0.05, 0) is 47.2 Å². The number of halogens is 1. The summed E-state index contributed by atoms with van der Waals surface area (Å²) in [6.45, 7) is 2.55. The lowest BCUT2D eigenvalue weighted by Gasteiger charge is -2.08. The molecule has 0 saturated heterocycles. The molecule has 124 valence electrons. The van der Waals surface area contributed by atoms with Crippen LogP contribution in [0.2, 0.25) is 0 Å². The summed E-state index contributed by atoms with van der Waals surface area (Å²) >= 11 is 2.19. The van der Waals surface area contributed by atoms with Gasteiger partial charge in [0.25, 0.3) is 0 Å². The van der Waals surface area contributed by atoms with Gasteiger partial charge in [0.05, 0.1) is 16.6 Å². The van der Waals surface area contributed by atoms with Crippen molar-refractivity contribution in [2.45, 2.75) is 20.0 Å². The lowest BCUT2D eigenvalue weighted by molar-refractivity contribution is -0.142. The molecule has 0 saturated carbocycles. The Morgan fingerprint density at radius 1 is 1.21 bits per heavy atom. The van der Waals surface area contributed by atoms with Crippen LogP contribution < -0.4 is 4.74 Å².